The second-order valence-corrected chi connectivity index (χ2v) is 2.21. The van der Waals surface area contributed by atoms with Gasteiger partial charge in [0.15, 0.2) is 0 Å². The highest BCUT2D eigenvalue weighted by Crippen LogP contribution is 2.01. The molecule has 64 valence electrons. The Morgan fingerprint density at radius 3 is 2.67 bits per heavy atom. The van der Waals surface area contributed by atoms with E-state index in [2.05, 4.69) is 4.99 Å². The first kappa shape index (κ1) is 8.25. The summed E-state index contributed by atoms with van der Waals surface area (Å²) < 4.78 is 0. The van der Waals surface area contributed by atoms with Crippen LogP contribution >= 0.6 is 0 Å². The highest BCUT2D eigenvalue weighted by molar-refractivity contribution is 6.11. The Labute approximate surface area is 68.5 Å². The van der Waals surface area contributed by atoms with Crippen molar-refractivity contribution in [2.75, 3.05) is 6.67 Å². The highest BCUT2D eigenvalue weighted by atomic mass is 16.2. The predicted molar refractivity (Wildman–Crippen MR) is 42.1 cm³/mol. The quantitative estimate of drug-likeness (QED) is 0.512. The zero-order valence-electron chi connectivity index (χ0n) is 6.23. The van der Waals surface area contributed by atoms with E-state index >= 15 is 0 Å². The molecule has 4 N–H and O–H groups in total. The number of aliphatic imine (C=N–C) groups is 1. The van der Waals surface area contributed by atoms with Crippen LogP contribution in [-0.4, -0.2) is 29.7 Å². The Balaban J connectivity index is 2.82. The molecular formula is C6H8N4O2. The monoisotopic (exact) mass is 168 g/mol. The van der Waals surface area contributed by atoms with E-state index in [0.717, 1.165) is 4.90 Å². The molecule has 0 saturated heterocycles. The third-order valence-corrected chi connectivity index (χ3v) is 1.33. The molecule has 0 fully saturated rings. The molecule has 0 radical (unpaired) electrons. The first-order chi connectivity index (χ1) is 5.61. The van der Waals surface area contributed by atoms with Crippen molar-refractivity contribution in [1.29, 1.82) is 0 Å². The van der Waals surface area contributed by atoms with E-state index < -0.39 is 11.9 Å². The fourth-order valence-corrected chi connectivity index (χ4v) is 0.730. The molecule has 0 atom stereocenters. The van der Waals surface area contributed by atoms with Crippen molar-refractivity contribution in [2.45, 2.75) is 0 Å². The summed E-state index contributed by atoms with van der Waals surface area (Å²) >= 11 is 0. The van der Waals surface area contributed by atoms with Gasteiger partial charge in [-0.25, -0.2) is 4.79 Å². The lowest BCUT2D eigenvalue weighted by molar-refractivity contribution is -0.114. The zero-order valence-corrected chi connectivity index (χ0v) is 6.23. The number of amides is 3. The number of carbonyl (C=O) groups excluding carboxylic acids is 2. The predicted octanol–water partition coefficient (Wildman–Crippen LogP) is -1.22. The standard InChI is InChI=1S/C6H8N4O2/c7-5(11)4-1-9-3-10(2-4)6(8)12/h1-2H,3H2,(H2,7,11)(H2,8,12). The van der Waals surface area contributed by atoms with Crippen molar-refractivity contribution < 1.29 is 9.59 Å². The van der Waals surface area contributed by atoms with E-state index in [4.69, 9.17) is 11.5 Å². The molecule has 0 unspecified atom stereocenters. The number of carbonyl (C=O) groups is 2. The van der Waals surface area contributed by atoms with Crippen LogP contribution in [0.1, 0.15) is 0 Å². The fraction of sp³-hybridized carbons (Fsp3) is 0.167. The van der Waals surface area contributed by atoms with Crippen LogP contribution in [0.3, 0.4) is 0 Å². The summed E-state index contributed by atoms with van der Waals surface area (Å²) in [5.41, 5.74) is 10.1. The van der Waals surface area contributed by atoms with Gasteiger partial charge in [0.1, 0.15) is 6.67 Å². The molecule has 1 rings (SSSR count). The van der Waals surface area contributed by atoms with Crippen molar-refractivity contribution in [1.82, 2.24) is 4.90 Å². The van der Waals surface area contributed by atoms with Gasteiger partial charge in [0, 0.05) is 12.4 Å². The van der Waals surface area contributed by atoms with Gasteiger partial charge >= 0.3 is 6.03 Å². The summed E-state index contributed by atoms with van der Waals surface area (Å²) in [6, 6.07) is -0.661. The van der Waals surface area contributed by atoms with Crippen molar-refractivity contribution in [3.8, 4) is 0 Å². The molecule has 1 aliphatic heterocycles. The molecule has 0 aromatic rings. The van der Waals surface area contributed by atoms with Gasteiger partial charge < -0.3 is 11.5 Å². The van der Waals surface area contributed by atoms with E-state index in [1.54, 1.807) is 0 Å². The van der Waals surface area contributed by atoms with Crippen LogP contribution in [0.25, 0.3) is 0 Å². The van der Waals surface area contributed by atoms with E-state index in [-0.39, 0.29) is 12.2 Å². The number of primary amides is 2. The van der Waals surface area contributed by atoms with Crippen LogP contribution in [0, 0.1) is 0 Å². The largest absolute Gasteiger partial charge is 0.366 e. The number of hydrogen-bond acceptors (Lipinski definition) is 3. The summed E-state index contributed by atoms with van der Waals surface area (Å²) in [5.74, 6) is -0.635. The Hall–Kier alpha value is -1.85. The number of hydrogen-bond donors (Lipinski definition) is 2. The first-order valence-corrected chi connectivity index (χ1v) is 3.19. The average Bonchev–Trinajstić information content (AvgIpc) is 2.04. The Bertz CT molecular complexity index is 281. The maximum atomic E-state index is 10.6. The van der Waals surface area contributed by atoms with Crippen LogP contribution in [0.4, 0.5) is 4.79 Å². The lowest BCUT2D eigenvalue weighted by Gasteiger charge is -2.16. The van der Waals surface area contributed by atoms with E-state index in [1.807, 2.05) is 0 Å². The molecule has 0 bridgehead atoms. The van der Waals surface area contributed by atoms with E-state index in [0.29, 0.717) is 0 Å². The molecule has 6 nitrogen and oxygen atoms in total. The van der Waals surface area contributed by atoms with Gasteiger partial charge in [-0.1, -0.05) is 0 Å². The summed E-state index contributed by atoms with van der Waals surface area (Å²) in [5, 5.41) is 0. The molecule has 0 spiro atoms. The van der Waals surface area contributed by atoms with Crippen LogP contribution < -0.4 is 11.5 Å². The Morgan fingerprint density at radius 1 is 1.50 bits per heavy atom. The summed E-state index contributed by atoms with van der Waals surface area (Å²) in [6.07, 6.45) is 2.58. The molecule has 0 aromatic heterocycles. The van der Waals surface area contributed by atoms with E-state index in [9.17, 15) is 9.59 Å². The first-order valence-electron chi connectivity index (χ1n) is 3.19. The minimum Gasteiger partial charge on any atom is -0.366 e. The van der Waals surface area contributed by atoms with Gasteiger partial charge in [0.05, 0.1) is 5.57 Å². The number of nitrogens with two attached hydrogens (primary N) is 2. The second-order valence-electron chi connectivity index (χ2n) is 2.21. The van der Waals surface area contributed by atoms with Crippen LogP contribution in [0.15, 0.2) is 16.8 Å². The lowest BCUT2D eigenvalue weighted by Crippen LogP contribution is -2.35. The van der Waals surface area contributed by atoms with Crippen molar-refractivity contribution in [3.05, 3.63) is 11.8 Å². The van der Waals surface area contributed by atoms with Gasteiger partial charge in [-0.05, 0) is 0 Å². The summed E-state index contributed by atoms with van der Waals surface area (Å²) in [7, 11) is 0. The van der Waals surface area contributed by atoms with Crippen molar-refractivity contribution >= 4 is 18.2 Å². The lowest BCUT2D eigenvalue weighted by atomic mass is 10.3. The van der Waals surface area contributed by atoms with Gasteiger partial charge in [-0.3, -0.25) is 14.7 Å². The third-order valence-electron chi connectivity index (χ3n) is 1.33. The molecule has 3 amide bonds. The second kappa shape index (κ2) is 3.04. The van der Waals surface area contributed by atoms with Crippen LogP contribution in [0.5, 0.6) is 0 Å². The van der Waals surface area contributed by atoms with Crippen molar-refractivity contribution in [3.63, 3.8) is 0 Å². The van der Waals surface area contributed by atoms with Crippen LogP contribution in [-0.2, 0) is 4.79 Å². The smallest absolute Gasteiger partial charge is 0.320 e. The Morgan fingerprint density at radius 2 is 2.17 bits per heavy atom. The number of urea groups is 1. The van der Waals surface area contributed by atoms with Gasteiger partial charge in [-0.2, -0.15) is 0 Å². The fourth-order valence-electron chi connectivity index (χ4n) is 0.730. The molecule has 0 aromatic carbocycles. The molecule has 1 aliphatic rings. The molecule has 6 heteroatoms. The summed E-state index contributed by atoms with van der Waals surface area (Å²) in [4.78, 5) is 26.0. The molecule has 1 heterocycles. The topological polar surface area (TPSA) is 102 Å². The third kappa shape index (κ3) is 1.60. The molecular weight excluding hydrogens is 160 g/mol. The number of rotatable bonds is 1. The van der Waals surface area contributed by atoms with Gasteiger partial charge in [-0.15, -0.1) is 0 Å². The van der Waals surface area contributed by atoms with E-state index in [1.165, 1.54) is 12.4 Å². The molecule has 0 aliphatic carbocycles. The Kier molecular flexibility index (Phi) is 2.09. The highest BCUT2D eigenvalue weighted by Gasteiger charge is 2.13. The maximum Gasteiger partial charge on any atom is 0.320 e. The number of nitrogens with zero attached hydrogens (tertiary/aromatic N) is 2. The molecule has 0 saturated carbocycles. The van der Waals surface area contributed by atoms with Gasteiger partial charge in [0.25, 0.3) is 5.91 Å². The normalized spacial score (nSPS) is 15.7. The summed E-state index contributed by atoms with van der Waals surface area (Å²) in [6.45, 7) is 0.131. The SMILES string of the molecule is NC(=O)C1=CN(C(N)=O)CN=C1. The minimum absolute atomic E-state index is 0.131. The van der Waals surface area contributed by atoms with Gasteiger partial charge in [0.2, 0.25) is 0 Å². The van der Waals surface area contributed by atoms with Crippen molar-refractivity contribution in [2.24, 2.45) is 16.5 Å². The molecule has 12 heavy (non-hydrogen) atoms. The maximum absolute atomic E-state index is 10.6. The average molecular weight is 168 g/mol. The minimum atomic E-state index is -0.661. The van der Waals surface area contributed by atoms with Crippen LogP contribution in [0.2, 0.25) is 0 Å². The zero-order chi connectivity index (χ0) is 9.14.